The van der Waals surface area contributed by atoms with Gasteiger partial charge in [-0.25, -0.2) is 0 Å². The monoisotopic (exact) mass is 573 g/mol. The van der Waals surface area contributed by atoms with Crippen molar-refractivity contribution in [3.8, 4) is 16.9 Å². The predicted octanol–water partition coefficient (Wildman–Crippen LogP) is 6.43. The van der Waals surface area contributed by atoms with E-state index in [4.69, 9.17) is 14.6 Å². The largest absolute Gasteiger partial charge is 0.493 e. The van der Waals surface area contributed by atoms with Gasteiger partial charge in [0.2, 0.25) is 0 Å². The van der Waals surface area contributed by atoms with Crippen LogP contribution in [-0.2, 0) is 16.9 Å². The van der Waals surface area contributed by atoms with Gasteiger partial charge in [0.15, 0.2) is 0 Å². The molecule has 3 N–H and O–H groups in total. The van der Waals surface area contributed by atoms with E-state index in [0.717, 1.165) is 36.6 Å². The zero-order chi connectivity index (χ0) is 30.0. The Bertz CT molecular complexity index is 1290. The second-order valence-corrected chi connectivity index (χ2v) is 9.67. The van der Waals surface area contributed by atoms with E-state index in [-0.39, 0.29) is 35.0 Å². The molecule has 220 valence electrons. The SMILES string of the molecule is CCCCCCOc1ccccc1C(O)(O)N(C(=O)c1ccc(-c2ccccc2C(F)(F)F)cc1)C1CC1.O=CO. The molecular weight excluding hydrogens is 539 g/mol. The minimum atomic E-state index is -4.52. The number of benzene rings is 3. The lowest BCUT2D eigenvalue weighted by Gasteiger charge is -2.36. The highest BCUT2D eigenvalue weighted by Crippen LogP contribution is 2.41. The number of halogens is 3. The van der Waals surface area contributed by atoms with E-state index in [2.05, 4.69) is 6.92 Å². The lowest BCUT2D eigenvalue weighted by Crippen LogP contribution is -2.51. The van der Waals surface area contributed by atoms with Gasteiger partial charge in [-0.2, -0.15) is 13.2 Å². The number of para-hydroxylation sites is 1. The maximum Gasteiger partial charge on any atom is 0.417 e. The number of carboxylic acid groups (broad SMARTS) is 1. The quantitative estimate of drug-likeness (QED) is 0.139. The molecule has 1 fully saturated rings. The Morgan fingerprint density at radius 1 is 0.927 bits per heavy atom. The molecular formula is C31H34F3NO6. The fraction of sp³-hybridized carbons (Fsp3) is 0.355. The predicted molar refractivity (Wildman–Crippen MR) is 147 cm³/mol. The van der Waals surface area contributed by atoms with Crippen LogP contribution in [0.1, 0.15) is 66.9 Å². The van der Waals surface area contributed by atoms with Crippen molar-refractivity contribution < 1.29 is 42.8 Å². The standard InChI is InChI=1S/C30H32F3NO4.CH2O2/c1-2-3-4-9-20-38-27-13-8-7-12-26(27)30(36,37)34(23-18-19-23)28(35)22-16-14-21(15-17-22)24-10-5-6-11-25(24)29(31,32)33;2-1-3/h5-8,10-17,23,36-37H,2-4,9,18-20H2,1H3;1H,(H,2,3). The first kappa shape index (κ1) is 31.6. The molecule has 1 aliphatic rings. The average Bonchev–Trinajstić information content (AvgIpc) is 3.78. The van der Waals surface area contributed by atoms with Crippen molar-refractivity contribution in [1.29, 1.82) is 0 Å². The van der Waals surface area contributed by atoms with Crippen molar-refractivity contribution in [2.75, 3.05) is 6.61 Å². The summed E-state index contributed by atoms with van der Waals surface area (Å²) in [5.41, 5.74) is -0.271. The number of amides is 1. The van der Waals surface area contributed by atoms with Gasteiger partial charge in [-0.05, 0) is 60.7 Å². The molecule has 1 aliphatic carbocycles. The second kappa shape index (κ2) is 14.1. The highest BCUT2D eigenvalue weighted by Gasteiger charge is 2.48. The summed E-state index contributed by atoms with van der Waals surface area (Å²) in [5.74, 6) is -2.99. The molecule has 0 unspecified atom stereocenters. The minimum Gasteiger partial charge on any atom is -0.493 e. The Kier molecular flexibility index (Phi) is 10.9. The van der Waals surface area contributed by atoms with Gasteiger partial charge in [0.25, 0.3) is 18.3 Å². The molecule has 7 nitrogen and oxygen atoms in total. The Balaban J connectivity index is 0.00000147. The summed E-state index contributed by atoms with van der Waals surface area (Å²) in [6, 6.07) is 17.1. The summed E-state index contributed by atoms with van der Waals surface area (Å²) in [6.07, 6.45) is 0.671. The highest BCUT2D eigenvalue weighted by molar-refractivity contribution is 5.95. The summed E-state index contributed by atoms with van der Waals surface area (Å²) >= 11 is 0. The molecule has 0 atom stereocenters. The number of nitrogens with zero attached hydrogens (tertiary/aromatic N) is 1. The first-order valence-corrected chi connectivity index (χ1v) is 13.4. The Hall–Kier alpha value is -3.89. The number of carbonyl (C=O) groups is 2. The zero-order valence-electron chi connectivity index (χ0n) is 22.7. The van der Waals surface area contributed by atoms with Crippen molar-refractivity contribution in [3.05, 3.63) is 89.5 Å². The summed E-state index contributed by atoms with van der Waals surface area (Å²) in [4.78, 5) is 22.9. The fourth-order valence-electron chi connectivity index (χ4n) is 4.52. The van der Waals surface area contributed by atoms with E-state index < -0.39 is 23.6 Å². The van der Waals surface area contributed by atoms with Gasteiger partial charge in [-0.3, -0.25) is 14.5 Å². The third-order valence-electron chi connectivity index (χ3n) is 6.65. The number of hydrogen-bond acceptors (Lipinski definition) is 5. The van der Waals surface area contributed by atoms with Gasteiger partial charge in [0.1, 0.15) is 5.75 Å². The van der Waals surface area contributed by atoms with Crippen molar-refractivity contribution in [2.24, 2.45) is 0 Å². The molecule has 1 amide bonds. The zero-order valence-corrected chi connectivity index (χ0v) is 22.7. The first-order valence-electron chi connectivity index (χ1n) is 13.4. The molecule has 0 aromatic heterocycles. The van der Waals surface area contributed by atoms with Gasteiger partial charge >= 0.3 is 6.18 Å². The van der Waals surface area contributed by atoms with Crippen LogP contribution in [0, 0.1) is 0 Å². The Morgan fingerprint density at radius 3 is 2.10 bits per heavy atom. The van der Waals surface area contributed by atoms with Crippen LogP contribution in [0.3, 0.4) is 0 Å². The van der Waals surface area contributed by atoms with E-state index in [1.807, 2.05) is 0 Å². The normalized spacial score (nSPS) is 13.1. The third-order valence-corrected chi connectivity index (χ3v) is 6.65. The van der Waals surface area contributed by atoms with Crippen LogP contribution in [0.4, 0.5) is 13.2 Å². The van der Waals surface area contributed by atoms with Crippen LogP contribution in [0.2, 0.25) is 0 Å². The minimum absolute atomic E-state index is 0.00160. The smallest absolute Gasteiger partial charge is 0.417 e. The van der Waals surface area contributed by atoms with E-state index in [9.17, 15) is 28.2 Å². The molecule has 3 aromatic rings. The average molecular weight is 574 g/mol. The maximum atomic E-state index is 13.5. The van der Waals surface area contributed by atoms with E-state index in [1.165, 1.54) is 48.5 Å². The first-order chi connectivity index (χ1) is 19.6. The van der Waals surface area contributed by atoms with Crippen LogP contribution in [0.5, 0.6) is 5.75 Å². The van der Waals surface area contributed by atoms with Crippen LogP contribution in [0.25, 0.3) is 11.1 Å². The summed E-state index contributed by atoms with van der Waals surface area (Å²) in [6.45, 7) is 2.27. The van der Waals surface area contributed by atoms with E-state index >= 15 is 0 Å². The molecule has 10 heteroatoms. The Morgan fingerprint density at radius 2 is 1.51 bits per heavy atom. The lowest BCUT2D eigenvalue weighted by atomic mass is 9.98. The van der Waals surface area contributed by atoms with Gasteiger partial charge in [-0.15, -0.1) is 0 Å². The maximum absolute atomic E-state index is 13.5. The van der Waals surface area contributed by atoms with Gasteiger partial charge in [0.05, 0.1) is 17.7 Å². The molecule has 41 heavy (non-hydrogen) atoms. The molecule has 1 saturated carbocycles. The summed E-state index contributed by atoms with van der Waals surface area (Å²) in [5, 5.41) is 29.5. The van der Waals surface area contributed by atoms with E-state index in [0.29, 0.717) is 25.0 Å². The number of carbonyl (C=O) groups excluding carboxylic acids is 1. The molecule has 0 aliphatic heterocycles. The van der Waals surface area contributed by atoms with Crippen molar-refractivity contribution in [1.82, 2.24) is 4.90 Å². The highest BCUT2D eigenvalue weighted by atomic mass is 19.4. The van der Waals surface area contributed by atoms with Crippen LogP contribution >= 0.6 is 0 Å². The lowest BCUT2D eigenvalue weighted by molar-refractivity contribution is -0.259. The van der Waals surface area contributed by atoms with Gasteiger partial charge < -0.3 is 20.1 Å². The molecule has 0 heterocycles. The molecule has 0 bridgehead atoms. The van der Waals surface area contributed by atoms with Gasteiger partial charge in [-0.1, -0.05) is 68.7 Å². The van der Waals surface area contributed by atoms with Crippen molar-refractivity contribution in [3.63, 3.8) is 0 Å². The number of unbranched alkanes of at least 4 members (excludes halogenated alkanes) is 3. The number of aliphatic hydroxyl groups is 2. The molecule has 0 spiro atoms. The molecule has 0 saturated heterocycles. The van der Waals surface area contributed by atoms with Crippen LogP contribution in [-0.4, -0.2) is 45.2 Å². The summed E-state index contributed by atoms with van der Waals surface area (Å²) in [7, 11) is 0. The van der Waals surface area contributed by atoms with Crippen LogP contribution < -0.4 is 4.74 Å². The van der Waals surface area contributed by atoms with Gasteiger partial charge in [0, 0.05) is 11.6 Å². The van der Waals surface area contributed by atoms with Crippen molar-refractivity contribution in [2.45, 2.75) is 63.6 Å². The van der Waals surface area contributed by atoms with E-state index in [1.54, 1.807) is 18.2 Å². The Labute approximate surface area is 236 Å². The molecule has 3 aromatic carbocycles. The number of hydrogen-bond donors (Lipinski definition) is 3. The molecule has 0 radical (unpaired) electrons. The topological polar surface area (TPSA) is 107 Å². The number of ether oxygens (including phenoxy) is 1. The van der Waals surface area contributed by atoms with Crippen LogP contribution in [0.15, 0.2) is 72.8 Å². The summed E-state index contributed by atoms with van der Waals surface area (Å²) < 4.78 is 46.3. The molecule has 4 rings (SSSR count). The second-order valence-electron chi connectivity index (χ2n) is 9.67. The number of alkyl halides is 3. The fourth-order valence-corrected chi connectivity index (χ4v) is 4.52. The third kappa shape index (κ3) is 8.08. The van der Waals surface area contributed by atoms with Crippen molar-refractivity contribution >= 4 is 12.4 Å². The number of rotatable bonds is 11.